The van der Waals surface area contributed by atoms with E-state index in [4.69, 9.17) is 10.2 Å². The Morgan fingerprint density at radius 3 is 2.52 bits per heavy atom. The summed E-state index contributed by atoms with van der Waals surface area (Å²) >= 11 is 0. The van der Waals surface area contributed by atoms with Crippen LogP contribution in [0.1, 0.15) is 21.7 Å². The van der Waals surface area contributed by atoms with E-state index in [1.165, 1.54) is 6.07 Å². The molecule has 3 rings (SSSR count). The van der Waals surface area contributed by atoms with Crippen LogP contribution < -0.4 is 11.1 Å². The van der Waals surface area contributed by atoms with E-state index in [1.807, 2.05) is 0 Å². The Labute approximate surface area is 142 Å². The number of hydrogen-bond donors (Lipinski definition) is 2. The highest BCUT2D eigenvalue weighted by molar-refractivity contribution is 6.08. The number of amides is 1. The Bertz CT molecular complexity index is 1000. The SMILES string of the molecule is C=Cc1ccc2oc(C(=O)NC(=C)c3c(F)cccc3F)c(N)c2c1. The van der Waals surface area contributed by atoms with Gasteiger partial charge in [0.05, 0.1) is 11.3 Å². The molecule has 25 heavy (non-hydrogen) atoms. The molecule has 0 spiro atoms. The van der Waals surface area contributed by atoms with Gasteiger partial charge >= 0.3 is 0 Å². The van der Waals surface area contributed by atoms with Crippen LogP contribution in [0.15, 0.2) is 54.0 Å². The molecule has 2 aromatic carbocycles. The lowest BCUT2D eigenvalue weighted by Gasteiger charge is -2.09. The summed E-state index contributed by atoms with van der Waals surface area (Å²) in [6.45, 7) is 7.18. The number of carbonyl (C=O) groups excluding carboxylic acids is 1. The molecule has 1 amide bonds. The number of furan rings is 1. The molecule has 0 bridgehead atoms. The zero-order valence-electron chi connectivity index (χ0n) is 13.1. The molecule has 0 saturated carbocycles. The van der Waals surface area contributed by atoms with Gasteiger partial charge < -0.3 is 15.5 Å². The number of nitrogen functional groups attached to an aromatic ring is 1. The number of halogens is 2. The van der Waals surface area contributed by atoms with Crippen molar-refractivity contribution < 1.29 is 18.0 Å². The lowest BCUT2D eigenvalue weighted by atomic mass is 10.1. The third-order valence-corrected chi connectivity index (χ3v) is 3.72. The summed E-state index contributed by atoms with van der Waals surface area (Å²) in [5.74, 6) is -2.58. The van der Waals surface area contributed by atoms with Gasteiger partial charge in [-0.1, -0.05) is 31.4 Å². The Morgan fingerprint density at radius 2 is 1.88 bits per heavy atom. The Morgan fingerprint density at radius 1 is 1.20 bits per heavy atom. The van der Waals surface area contributed by atoms with E-state index < -0.39 is 23.1 Å². The summed E-state index contributed by atoms with van der Waals surface area (Å²) in [4.78, 5) is 12.4. The van der Waals surface area contributed by atoms with Gasteiger partial charge in [-0.3, -0.25) is 4.79 Å². The summed E-state index contributed by atoms with van der Waals surface area (Å²) in [6.07, 6.45) is 1.63. The molecule has 126 valence electrons. The topological polar surface area (TPSA) is 68.3 Å². The molecule has 0 aliphatic rings. The smallest absolute Gasteiger partial charge is 0.293 e. The van der Waals surface area contributed by atoms with Gasteiger partial charge in [0.2, 0.25) is 5.76 Å². The normalized spacial score (nSPS) is 10.6. The van der Waals surface area contributed by atoms with Crippen LogP contribution in [-0.2, 0) is 0 Å². The van der Waals surface area contributed by atoms with Gasteiger partial charge in [0, 0.05) is 11.1 Å². The van der Waals surface area contributed by atoms with Gasteiger partial charge in [-0.05, 0) is 29.8 Å². The zero-order chi connectivity index (χ0) is 18.1. The van der Waals surface area contributed by atoms with Crippen LogP contribution in [-0.4, -0.2) is 5.91 Å². The van der Waals surface area contributed by atoms with E-state index in [1.54, 1.807) is 24.3 Å². The quantitative estimate of drug-likeness (QED) is 0.742. The molecule has 3 N–H and O–H groups in total. The number of carbonyl (C=O) groups is 1. The maximum absolute atomic E-state index is 13.8. The molecule has 1 heterocycles. The van der Waals surface area contributed by atoms with Gasteiger partial charge in [-0.2, -0.15) is 0 Å². The Hall–Kier alpha value is -3.41. The van der Waals surface area contributed by atoms with Crippen molar-refractivity contribution >= 4 is 34.3 Å². The second-order valence-electron chi connectivity index (χ2n) is 5.33. The van der Waals surface area contributed by atoms with Crippen molar-refractivity contribution in [2.24, 2.45) is 0 Å². The molecule has 0 unspecified atom stereocenters. The number of hydrogen-bond acceptors (Lipinski definition) is 3. The Balaban J connectivity index is 1.94. The highest BCUT2D eigenvalue weighted by Gasteiger charge is 2.21. The molecule has 0 fully saturated rings. The molecule has 0 saturated heterocycles. The van der Waals surface area contributed by atoms with Crippen LogP contribution in [0.5, 0.6) is 0 Å². The van der Waals surface area contributed by atoms with Crippen molar-refractivity contribution in [3.63, 3.8) is 0 Å². The maximum Gasteiger partial charge on any atom is 0.293 e. The summed E-state index contributed by atoms with van der Waals surface area (Å²) in [5.41, 5.74) is 6.67. The van der Waals surface area contributed by atoms with Crippen LogP contribution in [0.3, 0.4) is 0 Å². The van der Waals surface area contributed by atoms with Crippen LogP contribution in [0.2, 0.25) is 0 Å². The number of anilines is 1. The second-order valence-corrected chi connectivity index (χ2v) is 5.33. The van der Waals surface area contributed by atoms with E-state index >= 15 is 0 Å². The van der Waals surface area contributed by atoms with Crippen molar-refractivity contribution in [1.82, 2.24) is 5.32 Å². The monoisotopic (exact) mass is 340 g/mol. The largest absolute Gasteiger partial charge is 0.449 e. The van der Waals surface area contributed by atoms with Gasteiger partial charge in [-0.25, -0.2) is 8.78 Å². The first-order chi connectivity index (χ1) is 11.9. The molecule has 0 aliphatic carbocycles. The number of fused-ring (bicyclic) bond motifs is 1. The van der Waals surface area contributed by atoms with Crippen LogP contribution in [0, 0.1) is 11.6 Å². The highest BCUT2D eigenvalue weighted by Crippen LogP contribution is 2.30. The fourth-order valence-corrected chi connectivity index (χ4v) is 2.47. The van der Waals surface area contributed by atoms with Gasteiger partial charge in [-0.15, -0.1) is 0 Å². The van der Waals surface area contributed by atoms with E-state index in [0.717, 1.165) is 17.7 Å². The van der Waals surface area contributed by atoms with Crippen molar-refractivity contribution in [3.05, 3.63) is 78.1 Å². The average molecular weight is 340 g/mol. The molecule has 3 aromatic rings. The number of benzene rings is 2. The summed E-state index contributed by atoms with van der Waals surface area (Å²) < 4.78 is 33.0. The summed E-state index contributed by atoms with van der Waals surface area (Å²) in [6, 6.07) is 8.50. The highest BCUT2D eigenvalue weighted by atomic mass is 19.1. The zero-order valence-corrected chi connectivity index (χ0v) is 13.1. The van der Waals surface area contributed by atoms with Crippen molar-refractivity contribution in [3.8, 4) is 0 Å². The fraction of sp³-hybridized carbons (Fsp3) is 0. The standard InChI is InChI=1S/C19H14F2N2O2/c1-3-11-7-8-15-12(9-11)17(22)18(25-15)19(24)23-10(2)16-13(20)5-4-6-14(16)21/h3-9H,1-2,22H2,(H,23,24). The predicted octanol–water partition coefficient (Wildman–Crippen LogP) is 4.34. The first kappa shape index (κ1) is 16.4. The Kier molecular flexibility index (Phi) is 4.10. The van der Waals surface area contributed by atoms with Crippen LogP contribution >= 0.6 is 0 Å². The number of nitrogens with one attached hydrogen (secondary N) is 1. The molecule has 0 aliphatic heterocycles. The second kappa shape index (κ2) is 6.24. The summed E-state index contributed by atoms with van der Waals surface area (Å²) in [7, 11) is 0. The van der Waals surface area contributed by atoms with E-state index in [2.05, 4.69) is 18.5 Å². The van der Waals surface area contributed by atoms with Crippen LogP contribution in [0.4, 0.5) is 14.5 Å². The maximum atomic E-state index is 13.8. The van der Waals surface area contributed by atoms with E-state index in [9.17, 15) is 13.6 Å². The molecule has 6 heteroatoms. The molecular formula is C19H14F2N2O2. The third-order valence-electron chi connectivity index (χ3n) is 3.72. The summed E-state index contributed by atoms with van der Waals surface area (Å²) in [5, 5.41) is 2.86. The number of rotatable bonds is 4. The van der Waals surface area contributed by atoms with Crippen molar-refractivity contribution in [1.29, 1.82) is 0 Å². The minimum absolute atomic E-state index is 0.123. The van der Waals surface area contributed by atoms with Gasteiger partial charge in [0.25, 0.3) is 5.91 Å². The van der Waals surface area contributed by atoms with Gasteiger partial charge in [0.15, 0.2) is 0 Å². The molecule has 0 atom stereocenters. The van der Waals surface area contributed by atoms with Crippen molar-refractivity contribution in [2.45, 2.75) is 0 Å². The molecule has 4 nitrogen and oxygen atoms in total. The average Bonchev–Trinajstić information content (AvgIpc) is 2.91. The lowest BCUT2D eigenvalue weighted by molar-refractivity contribution is 0.0950. The minimum Gasteiger partial charge on any atom is -0.449 e. The first-order valence-electron chi connectivity index (χ1n) is 7.31. The molecular weight excluding hydrogens is 326 g/mol. The lowest BCUT2D eigenvalue weighted by Crippen LogP contribution is -2.22. The first-order valence-corrected chi connectivity index (χ1v) is 7.31. The third kappa shape index (κ3) is 2.89. The number of nitrogens with two attached hydrogens (primary N) is 1. The molecule has 1 aromatic heterocycles. The molecule has 0 radical (unpaired) electrons. The predicted molar refractivity (Wildman–Crippen MR) is 93.6 cm³/mol. The van der Waals surface area contributed by atoms with E-state index in [0.29, 0.717) is 11.0 Å². The van der Waals surface area contributed by atoms with Gasteiger partial charge in [0.1, 0.15) is 17.2 Å². The minimum atomic E-state index is -0.835. The van der Waals surface area contributed by atoms with E-state index in [-0.39, 0.29) is 17.1 Å². The van der Waals surface area contributed by atoms with Crippen LogP contribution in [0.25, 0.3) is 22.7 Å². The van der Waals surface area contributed by atoms with Crippen molar-refractivity contribution in [2.75, 3.05) is 5.73 Å². The fourth-order valence-electron chi connectivity index (χ4n) is 2.47.